The van der Waals surface area contributed by atoms with Crippen LogP contribution in [0.15, 0.2) is 18.2 Å². The third-order valence-electron chi connectivity index (χ3n) is 5.66. The number of hydrogen-bond acceptors (Lipinski definition) is 3. The van der Waals surface area contributed by atoms with Gasteiger partial charge in [0.2, 0.25) is 0 Å². The average Bonchev–Trinajstić information content (AvgIpc) is 2.75. The summed E-state index contributed by atoms with van der Waals surface area (Å²) in [5.41, 5.74) is 0.386. The summed E-state index contributed by atoms with van der Waals surface area (Å²) in [4.78, 5) is 29.4. The van der Waals surface area contributed by atoms with Crippen LogP contribution in [0.2, 0.25) is 5.02 Å². The van der Waals surface area contributed by atoms with Gasteiger partial charge in [-0.25, -0.2) is 9.18 Å². The SMILES string of the molecule is CCCNC(=O)N(C1CCOCC1)C1CCN(C(=O)c2ccc(F)c(Cl)c2)CC1. The second-order valence-corrected chi connectivity index (χ2v) is 8.04. The largest absolute Gasteiger partial charge is 0.381 e. The molecule has 2 heterocycles. The molecule has 0 unspecified atom stereocenters. The number of carbonyl (C=O) groups is 2. The molecular formula is C21H29ClFN3O3. The zero-order chi connectivity index (χ0) is 20.8. The summed E-state index contributed by atoms with van der Waals surface area (Å²) < 4.78 is 18.8. The molecule has 0 aromatic heterocycles. The molecule has 0 saturated carbocycles. The van der Waals surface area contributed by atoms with Crippen molar-refractivity contribution in [2.45, 2.75) is 51.1 Å². The summed E-state index contributed by atoms with van der Waals surface area (Å²) >= 11 is 5.82. The van der Waals surface area contributed by atoms with Crippen LogP contribution in [0.5, 0.6) is 0 Å². The highest BCUT2D eigenvalue weighted by Crippen LogP contribution is 2.25. The van der Waals surface area contributed by atoms with Gasteiger partial charge in [-0.05, 0) is 50.3 Å². The lowest BCUT2D eigenvalue weighted by molar-refractivity contribution is 0.0209. The first-order valence-electron chi connectivity index (χ1n) is 10.4. The van der Waals surface area contributed by atoms with Crippen molar-refractivity contribution in [3.05, 3.63) is 34.6 Å². The summed E-state index contributed by atoms with van der Waals surface area (Å²) in [6.45, 7) is 5.14. The van der Waals surface area contributed by atoms with Gasteiger partial charge in [0, 0.05) is 50.5 Å². The number of likely N-dealkylation sites (tertiary alicyclic amines) is 1. The lowest BCUT2D eigenvalue weighted by Gasteiger charge is -2.43. The molecule has 6 nitrogen and oxygen atoms in total. The van der Waals surface area contributed by atoms with Gasteiger partial charge in [0.05, 0.1) is 5.02 Å². The number of nitrogens with zero attached hydrogens (tertiary/aromatic N) is 2. The summed E-state index contributed by atoms with van der Waals surface area (Å²) in [6, 6.07) is 4.29. The number of hydrogen-bond donors (Lipinski definition) is 1. The molecule has 3 rings (SSSR count). The van der Waals surface area contributed by atoms with E-state index in [2.05, 4.69) is 5.32 Å². The van der Waals surface area contributed by atoms with Gasteiger partial charge in [-0.3, -0.25) is 4.79 Å². The predicted molar refractivity (Wildman–Crippen MR) is 110 cm³/mol. The van der Waals surface area contributed by atoms with Crippen LogP contribution in [-0.2, 0) is 4.74 Å². The fraction of sp³-hybridized carbons (Fsp3) is 0.619. The van der Waals surface area contributed by atoms with Crippen LogP contribution in [0.1, 0.15) is 49.4 Å². The van der Waals surface area contributed by atoms with Crippen molar-refractivity contribution in [3.8, 4) is 0 Å². The lowest BCUT2D eigenvalue weighted by atomic mass is 9.98. The number of nitrogens with one attached hydrogen (secondary N) is 1. The molecular weight excluding hydrogens is 397 g/mol. The van der Waals surface area contributed by atoms with Gasteiger partial charge in [0.15, 0.2) is 0 Å². The monoisotopic (exact) mass is 425 g/mol. The number of ether oxygens (including phenoxy) is 1. The molecule has 0 spiro atoms. The smallest absolute Gasteiger partial charge is 0.317 e. The van der Waals surface area contributed by atoms with Gasteiger partial charge in [-0.15, -0.1) is 0 Å². The molecule has 2 fully saturated rings. The maximum atomic E-state index is 13.4. The molecule has 29 heavy (non-hydrogen) atoms. The first-order chi connectivity index (χ1) is 14.0. The van der Waals surface area contributed by atoms with Crippen molar-refractivity contribution in [2.75, 3.05) is 32.8 Å². The van der Waals surface area contributed by atoms with Crippen LogP contribution in [0.4, 0.5) is 9.18 Å². The van der Waals surface area contributed by atoms with Crippen molar-refractivity contribution in [1.29, 1.82) is 0 Å². The number of benzene rings is 1. The fourth-order valence-corrected chi connectivity index (χ4v) is 4.26. The summed E-state index contributed by atoms with van der Waals surface area (Å²) in [5.74, 6) is -0.689. The number of carbonyl (C=O) groups excluding carboxylic acids is 2. The topological polar surface area (TPSA) is 61.9 Å². The number of amides is 3. The second kappa shape index (κ2) is 10.3. The molecule has 2 saturated heterocycles. The zero-order valence-corrected chi connectivity index (χ0v) is 17.6. The average molecular weight is 426 g/mol. The Morgan fingerprint density at radius 3 is 2.48 bits per heavy atom. The summed E-state index contributed by atoms with van der Waals surface area (Å²) in [7, 11) is 0. The Morgan fingerprint density at radius 1 is 1.21 bits per heavy atom. The highest BCUT2D eigenvalue weighted by atomic mass is 35.5. The van der Waals surface area contributed by atoms with Crippen LogP contribution < -0.4 is 5.32 Å². The number of rotatable bonds is 5. The molecule has 0 aliphatic carbocycles. The second-order valence-electron chi connectivity index (χ2n) is 7.64. The van der Waals surface area contributed by atoms with Crippen LogP contribution in [0, 0.1) is 5.82 Å². The maximum absolute atomic E-state index is 13.4. The normalized spacial score (nSPS) is 18.5. The molecule has 8 heteroatoms. The van der Waals surface area contributed by atoms with E-state index in [-0.39, 0.29) is 29.0 Å². The molecule has 2 aliphatic rings. The first kappa shape index (κ1) is 21.8. The number of piperidine rings is 1. The van der Waals surface area contributed by atoms with E-state index in [1.807, 2.05) is 11.8 Å². The minimum Gasteiger partial charge on any atom is -0.381 e. The first-order valence-corrected chi connectivity index (χ1v) is 10.8. The van der Waals surface area contributed by atoms with Gasteiger partial charge < -0.3 is 19.9 Å². The summed E-state index contributed by atoms with van der Waals surface area (Å²) in [6.07, 6.45) is 4.01. The van der Waals surface area contributed by atoms with Crippen LogP contribution in [-0.4, -0.2) is 66.7 Å². The Labute approximate surface area is 176 Å². The Balaban J connectivity index is 1.64. The Bertz CT molecular complexity index is 719. The lowest BCUT2D eigenvalue weighted by Crippen LogP contribution is -2.56. The standard InChI is InChI=1S/C21H29ClFN3O3/c1-2-9-24-21(28)26(17-7-12-29-13-8-17)16-5-10-25(11-6-16)20(27)15-3-4-19(23)18(22)14-15/h3-4,14,16-17H,2,5-13H2,1H3,(H,24,28). The van der Waals surface area contributed by atoms with E-state index in [0.29, 0.717) is 38.4 Å². The third kappa shape index (κ3) is 5.39. The molecule has 2 aliphatic heterocycles. The van der Waals surface area contributed by atoms with Gasteiger partial charge in [0.1, 0.15) is 5.82 Å². The van der Waals surface area contributed by atoms with E-state index in [4.69, 9.17) is 16.3 Å². The number of halogens is 2. The van der Waals surface area contributed by atoms with Crippen LogP contribution in [0.25, 0.3) is 0 Å². The molecule has 160 valence electrons. The van der Waals surface area contributed by atoms with E-state index in [1.165, 1.54) is 18.2 Å². The van der Waals surface area contributed by atoms with Crippen molar-refractivity contribution in [3.63, 3.8) is 0 Å². The fourth-order valence-electron chi connectivity index (χ4n) is 4.08. The highest BCUT2D eigenvalue weighted by Gasteiger charge is 2.35. The highest BCUT2D eigenvalue weighted by molar-refractivity contribution is 6.31. The molecule has 0 atom stereocenters. The van der Waals surface area contributed by atoms with E-state index in [1.54, 1.807) is 4.90 Å². The van der Waals surface area contributed by atoms with Gasteiger partial charge in [-0.1, -0.05) is 18.5 Å². The van der Waals surface area contributed by atoms with E-state index in [0.717, 1.165) is 32.1 Å². The van der Waals surface area contributed by atoms with Crippen molar-refractivity contribution in [2.24, 2.45) is 0 Å². The van der Waals surface area contributed by atoms with Crippen molar-refractivity contribution in [1.82, 2.24) is 15.1 Å². The maximum Gasteiger partial charge on any atom is 0.317 e. The Kier molecular flexibility index (Phi) is 7.72. The zero-order valence-electron chi connectivity index (χ0n) is 16.8. The van der Waals surface area contributed by atoms with Crippen molar-refractivity contribution >= 4 is 23.5 Å². The molecule has 1 aromatic carbocycles. The van der Waals surface area contributed by atoms with Crippen LogP contribution >= 0.6 is 11.6 Å². The molecule has 0 bridgehead atoms. The number of urea groups is 1. The molecule has 1 aromatic rings. The van der Waals surface area contributed by atoms with Crippen molar-refractivity contribution < 1.29 is 18.7 Å². The van der Waals surface area contributed by atoms with Gasteiger partial charge in [-0.2, -0.15) is 0 Å². The predicted octanol–water partition coefficient (Wildman–Crippen LogP) is 3.68. The van der Waals surface area contributed by atoms with Crippen LogP contribution in [0.3, 0.4) is 0 Å². The van der Waals surface area contributed by atoms with E-state index in [9.17, 15) is 14.0 Å². The van der Waals surface area contributed by atoms with Gasteiger partial charge >= 0.3 is 6.03 Å². The minimum absolute atomic E-state index is 0.0196. The third-order valence-corrected chi connectivity index (χ3v) is 5.95. The Morgan fingerprint density at radius 2 is 1.86 bits per heavy atom. The molecule has 3 amide bonds. The molecule has 0 radical (unpaired) electrons. The van der Waals surface area contributed by atoms with E-state index >= 15 is 0 Å². The molecule has 1 N–H and O–H groups in total. The summed E-state index contributed by atoms with van der Waals surface area (Å²) in [5, 5.41) is 2.96. The van der Waals surface area contributed by atoms with Gasteiger partial charge in [0.25, 0.3) is 5.91 Å². The minimum atomic E-state index is -0.535. The Hall–Kier alpha value is -1.86. The van der Waals surface area contributed by atoms with E-state index < -0.39 is 5.82 Å². The quantitative estimate of drug-likeness (QED) is 0.782.